The highest BCUT2D eigenvalue weighted by atomic mass is 32.2. The van der Waals surface area contributed by atoms with Crippen LogP contribution in [0.3, 0.4) is 0 Å². The Balaban J connectivity index is 2.75. The molecule has 6 heteroatoms. The number of hydrogen-bond donors (Lipinski definition) is 2. The summed E-state index contributed by atoms with van der Waals surface area (Å²) in [6.07, 6.45) is 0.626. The zero-order valence-corrected chi connectivity index (χ0v) is 12.2. The van der Waals surface area contributed by atoms with Crippen molar-refractivity contribution in [2.75, 3.05) is 23.6 Å². The number of sulfonamides is 1. The van der Waals surface area contributed by atoms with Gasteiger partial charge in [-0.1, -0.05) is 26.0 Å². The normalized spacial score (nSPS) is 11.6. The third-order valence-electron chi connectivity index (χ3n) is 2.49. The van der Waals surface area contributed by atoms with E-state index in [0.717, 1.165) is 0 Å². The first-order chi connectivity index (χ1) is 8.94. The molecule has 0 radical (unpaired) electrons. The van der Waals surface area contributed by atoms with Crippen LogP contribution in [0.1, 0.15) is 20.3 Å². The van der Waals surface area contributed by atoms with Gasteiger partial charge in [-0.25, -0.2) is 8.42 Å². The van der Waals surface area contributed by atoms with E-state index in [1.54, 1.807) is 24.3 Å². The van der Waals surface area contributed by atoms with Gasteiger partial charge in [-0.05, 0) is 24.5 Å². The lowest BCUT2D eigenvalue weighted by Crippen LogP contribution is -2.19. The molecule has 1 rings (SSSR count). The van der Waals surface area contributed by atoms with E-state index in [0.29, 0.717) is 36.9 Å². The predicted molar refractivity (Wildman–Crippen MR) is 77.9 cm³/mol. The van der Waals surface area contributed by atoms with Gasteiger partial charge in [-0.3, -0.25) is 4.72 Å². The van der Waals surface area contributed by atoms with Crippen molar-refractivity contribution in [2.24, 2.45) is 11.7 Å². The summed E-state index contributed by atoms with van der Waals surface area (Å²) < 4.78 is 31.8. The molecule has 0 unspecified atom stereocenters. The molecule has 0 heterocycles. The molecule has 5 nitrogen and oxygen atoms in total. The fraction of sp³-hybridized carbons (Fsp3) is 0.538. The van der Waals surface area contributed by atoms with Gasteiger partial charge in [0, 0.05) is 6.54 Å². The summed E-state index contributed by atoms with van der Waals surface area (Å²) in [5, 5.41) is 0. The average molecular weight is 286 g/mol. The molecule has 3 N–H and O–H groups in total. The fourth-order valence-electron chi connectivity index (χ4n) is 1.46. The van der Waals surface area contributed by atoms with E-state index in [2.05, 4.69) is 4.72 Å². The predicted octanol–water partition coefficient (Wildman–Crippen LogP) is 1.81. The Morgan fingerprint density at radius 3 is 2.63 bits per heavy atom. The first kappa shape index (κ1) is 15.8. The number of anilines is 1. The maximum atomic E-state index is 11.9. The molecule has 108 valence electrons. The topological polar surface area (TPSA) is 81.4 Å². The minimum Gasteiger partial charge on any atom is -0.490 e. The van der Waals surface area contributed by atoms with E-state index < -0.39 is 10.0 Å². The zero-order valence-electron chi connectivity index (χ0n) is 11.4. The molecule has 0 saturated carbocycles. The van der Waals surface area contributed by atoms with Crippen LogP contribution < -0.4 is 15.2 Å². The van der Waals surface area contributed by atoms with Gasteiger partial charge < -0.3 is 10.5 Å². The highest BCUT2D eigenvalue weighted by Crippen LogP contribution is 2.25. The van der Waals surface area contributed by atoms with Crippen LogP contribution in [0.2, 0.25) is 0 Å². The molecule has 0 aliphatic heterocycles. The second-order valence-corrected chi connectivity index (χ2v) is 6.58. The molecule has 0 amide bonds. The van der Waals surface area contributed by atoms with Gasteiger partial charge in [0.15, 0.2) is 0 Å². The fourth-order valence-corrected chi connectivity index (χ4v) is 2.84. The number of benzene rings is 1. The molecular weight excluding hydrogens is 264 g/mol. The van der Waals surface area contributed by atoms with Crippen LogP contribution >= 0.6 is 0 Å². The van der Waals surface area contributed by atoms with E-state index in [9.17, 15) is 8.42 Å². The van der Waals surface area contributed by atoms with Crippen molar-refractivity contribution in [2.45, 2.75) is 20.3 Å². The molecule has 0 aliphatic carbocycles. The van der Waals surface area contributed by atoms with Crippen LogP contribution in [-0.2, 0) is 10.0 Å². The van der Waals surface area contributed by atoms with Crippen LogP contribution in [0, 0.1) is 5.92 Å². The highest BCUT2D eigenvalue weighted by Gasteiger charge is 2.14. The van der Waals surface area contributed by atoms with Crippen molar-refractivity contribution in [3.8, 4) is 5.75 Å². The number of hydrogen-bond acceptors (Lipinski definition) is 4. The summed E-state index contributed by atoms with van der Waals surface area (Å²) in [4.78, 5) is 0. The number of para-hydroxylation sites is 2. The van der Waals surface area contributed by atoms with Crippen molar-refractivity contribution >= 4 is 15.7 Å². The van der Waals surface area contributed by atoms with Crippen molar-refractivity contribution in [3.63, 3.8) is 0 Å². The molecule has 0 aromatic heterocycles. The summed E-state index contributed by atoms with van der Waals surface area (Å²) in [6.45, 7) is 4.72. The first-order valence-electron chi connectivity index (χ1n) is 6.37. The number of rotatable bonds is 8. The SMILES string of the molecule is CC(C)CCS(=O)(=O)Nc1ccccc1OCCN. The molecular formula is C13H22N2O3S. The Morgan fingerprint density at radius 2 is 2.00 bits per heavy atom. The van der Waals surface area contributed by atoms with E-state index in [1.165, 1.54) is 0 Å². The maximum absolute atomic E-state index is 11.9. The van der Waals surface area contributed by atoms with Crippen LogP contribution in [-0.4, -0.2) is 27.3 Å². The third kappa shape index (κ3) is 5.94. The van der Waals surface area contributed by atoms with Crippen LogP contribution in [0.5, 0.6) is 5.75 Å². The largest absolute Gasteiger partial charge is 0.490 e. The van der Waals surface area contributed by atoms with Gasteiger partial charge in [0.05, 0.1) is 11.4 Å². The van der Waals surface area contributed by atoms with Gasteiger partial charge >= 0.3 is 0 Å². The second kappa shape index (κ2) is 7.35. The first-order valence-corrected chi connectivity index (χ1v) is 8.02. The molecule has 1 aromatic carbocycles. The lowest BCUT2D eigenvalue weighted by atomic mass is 10.2. The lowest BCUT2D eigenvalue weighted by molar-refractivity contribution is 0.330. The molecule has 0 fully saturated rings. The van der Waals surface area contributed by atoms with Gasteiger partial charge in [-0.2, -0.15) is 0 Å². The molecule has 0 atom stereocenters. The molecule has 0 aliphatic rings. The van der Waals surface area contributed by atoms with Crippen molar-refractivity contribution in [1.29, 1.82) is 0 Å². The van der Waals surface area contributed by atoms with Crippen molar-refractivity contribution in [3.05, 3.63) is 24.3 Å². The van der Waals surface area contributed by atoms with Gasteiger partial charge in [0.1, 0.15) is 12.4 Å². The Hall–Kier alpha value is -1.27. The average Bonchev–Trinajstić information content (AvgIpc) is 2.35. The summed E-state index contributed by atoms with van der Waals surface area (Å²) in [5.74, 6) is 0.956. The number of ether oxygens (including phenoxy) is 1. The summed E-state index contributed by atoms with van der Waals surface area (Å²) in [5.41, 5.74) is 5.83. The second-order valence-electron chi connectivity index (χ2n) is 4.74. The van der Waals surface area contributed by atoms with E-state index in [-0.39, 0.29) is 5.75 Å². The Morgan fingerprint density at radius 1 is 1.32 bits per heavy atom. The standard InChI is InChI=1S/C13H22N2O3S/c1-11(2)7-10-19(16,17)15-12-5-3-4-6-13(12)18-9-8-14/h3-6,11,15H,7-10,14H2,1-2H3. The molecule has 0 bridgehead atoms. The summed E-state index contributed by atoms with van der Waals surface area (Å²) in [6, 6.07) is 6.95. The molecule has 1 aromatic rings. The van der Waals surface area contributed by atoms with Crippen molar-refractivity contribution in [1.82, 2.24) is 0 Å². The van der Waals surface area contributed by atoms with Crippen molar-refractivity contribution < 1.29 is 13.2 Å². The smallest absolute Gasteiger partial charge is 0.232 e. The van der Waals surface area contributed by atoms with Gasteiger partial charge in [-0.15, -0.1) is 0 Å². The maximum Gasteiger partial charge on any atom is 0.232 e. The van der Waals surface area contributed by atoms with Crippen LogP contribution in [0.15, 0.2) is 24.3 Å². The zero-order chi connectivity index (χ0) is 14.3. The molecule has 0 spiro atoms. The minimum absolute atomic E-state index is 0.107. The number of nitrogens with two attached hydrogens (primary N) is 1. The Bertz CT molecular complexity index is 486. The lowest BCUT2D eigenvalue weighted by Gasteiger charge is -2.13. The van der Waals surface area contributed by atoms with Crippen LogP contribution in [0.25, 0.3) is 0 Å². The summed E-state index contributed by atoms with van der Waals surface area (Å²) in [7, 11) is -3.34. The van der Waals surface area contributed by atoms with E-state index >= 15 is 0 Å². The summed E-state index contributed by atoms with van der Waals surface area (Å²) >= 11 is 0. The Labute approximate surface area is 115 Å². The quantitative estimate of drug-likeness (QED) is 0.763. The van der Waals surface area contributed by atoms with Gasteiger partial charge in [0.2, 0.25) is 10.0 Å². The van der Waals surface area contributed by atoms with Crippen LogP contribution in [0.4, 0.5) is 5.69 Å². The third-order valence-corrected chi connectivity index (χ3v) is 3.80. The van der Waals surface area contributed by atoms with Gasteiger partial charge in [0.25, 0.3) is 0 Å². The Kier molecular flexibility index (Phi) is 6.11. The molecule has 19 heavy (non-hydrogen) atoms. The molecule has 0 saturated heterocycles. The monoisotopic (exact) mass is 286 g/mol. The minimum atomic E-state index is -3.34. The number of nitrogens with one attached hydrogen (secondary N) is 1. The van der Waals surface area contributed by atoms with E-state index in [4.69, 9.17) is 10.5 Å². The van der Waals surface area contributed by atoms with E-state index in [1.807, 2.05) is 13.8 Å². The highest BCUT2D eigenvalue weighted by molar-refractivity contribution is 7.92.